The fourth-order valence-electron chi connectivity index (χ4n) is 1.96. The number of carbonyl (C=O) groups excluding carboxylic acids is 1. The Labute approximate surface area is 137 Å². The third-order valence-electron chi connectivity index (χ3n) is 2.79. The van der Waals surface area contributed by atoms with Gasteiger partial charge < -0.3 is 5.32 Å². The molecule has 1 heterocycles. The summed E-state index contributed by atoms with van der Waals surface area (Å²) in [5, 5.41) is 7.09. The second-order valence-electron chi connectivity index (χ2n) is 6.02. The first-order chi connectivity index (χ1) is 10.2. The lowest BCUT2D eigenvalue weighted by Gasteiger charge is -2.20. The van der Waals surface area contributed by atoms with E-state index in [1.165, 1.54) is 10.7 Å². The molecule has 0 aliphatic carbocycles. The number of rotatable bonds is 3. The van der Waals surface area contributed by atoms with Crippen molar-refractivity contribution in [2.45, 2.75) is 32.9 Å². The number of nitrogens with zero attached hydrogens (tertiary/aromatic N) is 2. The maximum atomic E-state index is 12.0. The highest BCUT2D eigenvalue weighted by Gasteiger charge is 2.15. The standard InChI is InChI=1S/C16H18BrN3O2/c1-16(2,3)18-14(21)10-20-15(22)8-7-13(19-20)11-5-4-6-12(17)9-11/h4-9H,10H2,1-3H3,(H,18,21). The highest BCUT2D eigenvalue weighted by molar-refractivity contribution is 9.10. The fraction of sp³-hybridized carbons (Fsp3) is 0.312. The molecule has 1 aromatic carbocycles. The lowest BCUT2D eigenvalue weighted by molar-refractivity contribution is -0.123. The van der Waals surface area contributed by atoms with Crippen LogP contribution in [-0.4, -0.2) is 21.2 Å². The van der Waals surface area contributed by atoms with Crippen LogP contribution in [0.2, 0.25) is 0 Å². The monoisotopic (exact) mass is 363 g/mol. The molecule has 116 valence electrons. The molecule has 0 unspecified atom stereocenters. The molecule has 2 rings (SSSR count). The van der Waals surface area contributed by atoms with E-state index in [4.69, 9.17) is 0 Å². The van der Waals surface area contributed by atoms with Crippen LogP contribution in [0.15, 0.2) is 45.7 Å². The van der Waals surface area contributed by atoms with E-state index < -0.39 is 0 Å². The molecular formula is C16H18BrN3O2. The van der Waals surface area contributed by atoms with Crippen LogP contribution in [0.3, 0.4) is 0 Å². The number of benzene rings is 1. The third kappa shape index (κ3) is 4.53. The van der Waals surface area contributed by atoms with Crippen molar-refractivity contribution in [3.05, 3.63) is 51.2 Å². The van der Waals surface area contributed by atoms with Crippen molar-refractivity contribution in [3.63, 3.8) is 0 Å². The molecule has 0 radical (unpaired) electrons. The average molecular weight is 364 g/mol. The van der Waals surface area contributed by atoms with E-state index in [0.29, 0.717) is 5.69 Å². The van der Waals surface area contributed by atoms with E-state index in [-0.39, 0.29) is 23.6 Å². The van der Waals surface area contributed by atoms with E-state index >= 15 is 0 Å². The van der Waals surface area contributed by atoms with Gasteiger partial charge in [0, 0.05) is 21.6 Å². The Morgan fingerprint density at radius 3 is 2.64 bits per heavy atom. The van der Waals surface area contributed by atoms with Crippen LogP contribution >= 0.6 is 15.9 Å². The zero-order chi connectivity index (χ0) is 16.3. The summed E-state index contributed by atoms with van der Waals surface area (Å²) in [6.07, 6.45) is 0. The van der Waals surface area contributed by atoms with E-state index in [9.17, 15) is 9.59 Å². The van der Waals surface area contributed by atoms with Gasteiger partial charge in [-0.15, -0.1) is 0 Å². The first-order valence-corrected chi connectivity index (χ1v) is 7.69. The smallest absolute Gasteiger partial charge is 0.267 e. The van der Waals surface area contributed by atoms with Crippen LogP contribution in [-0.2, 0) is 11.3 Å². The summed E-state index contributed by atoms with van der Waals surface area (Å²) < 4.78 is 2.10. The molecule has 22 heavy (non-hydrogen) atoms. The molecule has 0 bridgehead atoms. The van der Waals surface area contributed by atoms with E-state index in [1.807, 2.05) is 45.0 Å². The molecule has 0 fully saturated rings. The van der Waals surface area contributed by atoms with Gasteiger partial charge in [-0.3, -0.25) is 9.59 Å². The van der Waals surface area contributed by atoms with Crippen LogP contribution in [0.4, 0.5) is 0 Å². The quantitative estimate of drug-likeness (QED) is 0.911. The first-order valence-electron chi connectivity index (χ1n) is 6.90. The summed E-state index contributed by atoms with van der Waals surface area (Å²) >= 11 is 3.41. The highest BCUT2D eigenvalue weighted by atomic mass is 79.9. The first kappa shape index (κ1) is 16.4. The average Bonchev–Trinajstić information content (AvgIpc) is 2.39. The normalized spacial score (nSPS) is 11.3. The van der Waals surface area contributed by atoms with Crippen molar-refractivity contribution in [2.75, 3.05) is 0 Å². The molecule has 0 aliphatic rings. The molecule has 0 aliphatic heterocycles. The van der Waals surface area contributed by atoms with E-state index in [0.717, 1.165) is 10.0 Å². The van der Waals surface area contributed by atoms with Gasteiger partial charge in [-0.2, -0.15) is 5.10 Å². The van der Waals surface area contributed by atoms with Crippen LogP contribution in [0.25, 0.3) is 11.3 Å². The molecule has 0 saturated carbocycles. The van der Waals surface area contributed by atoms with Gasteiger partial charge in [0.05, 0.1) is 5.69 Å². The Hall–Kier alpha value is -1.95. The van der Waals surface area contributed by atoms with Gasteiger partial charge in [-0.25, -0.2) is 4.68 Å². The second-order valence-corrected chi connectivity index (χ2v) is 6.94. The summed E-state index contributed by atoms with van der Waals surface area (Å²) in [5.74, 6) is -0.242. The minimum Gasteiger partial charge on any atom is -0.350 e. The lowest BCUT2D eigenvalue weighted by atomic mass is 10.1. The Bertz CT molecular complexity index is 748. The van der Waals surface area contributed by atoms with Crippen molar-refractivity contribution >= 4 is 21.8 Å². The van der Waals surface area contributed by atoms with Crippen LogP contribution in [0.5, 0.6) is 0 Å². The SMILES string of the molecule is CC(C)(C)NC(=O)Cn1nc(-c2cccc(Br)c2)ccc1=O. The zero-order valence-corrected chi connectivity index (χ0v) is 14.3. The summed E-state index contributed by atoms with van der Waals surface area (Å²) in [4.78, 5) is 23.8. The van der Waals surface area contributed by atoms with Crippen LogP contribution < -0.4 is 10.9 Å². The van der Waals surface area contributed by atoms with E-state index in [2.05, 4.69) is 26.3 Å². The van der Waals surface area contributed by atoms with Gasteiger partial charge >= 0.3 is 0 Å². The molecule has 1 aromatic heterocycles. The lowest BCUT2D eigenvalue weighted by Crippen LogP contribution is -2.43. The molecule has 1 N–H and O–H groups in total. The number of hydrogen-bond donors (Lipinski definition) is 1. The summed E-state index contributed by atoms with van der Waals surface area (Å²) in [7, 11) is 0. The summed E-state index contributed by atoms with van der Waals surface area (Å²) in [6.45, 7) is 5.56. The van der Waals surface area contributed by atoms with Crippen LogP contribution in [0, 0.1) is 0 Å². The summed E-state index contributed by atoms with van der Waals surface area (Å²) in [5.41, 5.74) is 0.870. The zero-order valence-electron chi connectivity index (χ0n) is 12.8. The Balaban J connectivity index is 2.28. The van der Waals surface area contributed by atoms with E-state index in [1.54, 1.807) is 6.07 Å². The molecular weight excluding hydrogens is 346 g/mol. The van der Waals surface area contributed by atoms with Gasteiger partial charge in [0.2, 0.25) is 5.91 Å². The maximum Gasteiger partial charge on any atom is 0.267 e. The van der Waals surface area contributed by atoms with Gasteiger partial charge in [-0.1, -0.05) is 28.1 Å². The number of carbonyl (C=O) groups is 1. The molecule has 2 aromatic rings. The minimum absolute atomic E-state index is 0.0993. The van der Waals surface area contributed by atoms with Gasteiger partial charge in [-0.05, 0) is 39.0 Å². The Morgan fingerprint density at radius 1 is 1.27 bits per heavy atom. The molecule has 0 spiro atoms. The molecule has 6 heteroatoms. The van der Waals surface area contributed by atoms with Gasteiger partial charge in [0.1, 0.15) is 6.54 Å². The fourth-order valence-corrected chi connectivity index (χ4v) is 2.36. The predicted molar refractivity (Wildman–Crippen MR) is 89.5 cm³/mol. The summed E-state index contributed by atoms with van der Waals surface area (Å²) in [6, 6.07) is 10.7. The highest BCUT2D eigenvalue weighted by Crippen LogP contribution is 2.20. The van der Waals surface area contributed by atoms with Gasteiger partial charge in [0.25, 0.3) is 5.56 Å². The molecule has 1 amide bonds. The van der Waals surface area contributed by atoms with Gasteiger partial charge in [0.15, 0.2) is 0 Å². The number of aromatic nitrogens is 2. The topological polar surface area (TPSA) is 64.0 Å². The van der Waals surface area contributed by atoms with Crippen molar-refractivity contribution < 1.29 is 4.79 Å². The van der Waals surface area contributed by atoms with Crippen molar-refractivity contribution in [2.24, 2.45) is 0 Å². The Kier molecular flexibility index (Phi) is 4.81. The van der Waals surface area contributed by atoms with Crippen molar-refractivity contribution in [1.82, 2.24) is 15.1 Å². The number of amides is 1. The number of hydrogen-bond acceptors (Lipinski definition) is 3. The predicted octanol–water partition coefficient (Wildman–Crippen LogP) is 2.59. The second kappa shape index (κ2) is 6.44. The Morgan fingerprint density at radius 2 is 2.00 bits per heavy atom. The van der Waals surface area contributed by atoms with Crippen molar-refractivity contribution in [3.8, 4) is 11.3 Å². The molecule has 0 saturated heterocycles. The number of nitrogens with one attached hydrogen (secondary N) is 1. The van der Waals surface area contributed by atoms with Crippen LogP contribution in [0.1, 0.15) is 20.8 Å². The largest absolute Gasteiger partial charge is 0.350 e. The minimum atomic E-state index is -0.345. The van der Waals surface area contributed by atoms with Crippen molar-refractivity contribution in [1.29, 1.82) is 0 Å². The molecule has 5 nitrogen and oxygen atoms in total. The number of halogens is 1. The molecule has 0 atom stereocenters. The maximum absolute atomic E-state index is 12.0. The third-order valence-corrected chi connectivity index (χ3v) is 3.29.